The summed E-state index contributed by atoms with van der Waals surface area (Å²) in [7, 11) is 3.20. The maximum Gasteiger partial charge on any atom is 0.231 e. The highest BCUT2D eigenvalue weighted by atomic mass is 16.7. The lowest BCUT2D eigenvalue weighted by Gasteiger charge is -2.26. The highest BCUT2D eigenvalue weighted by Gasteiger charge is 2.24. The molecule has 0 aliphatic carbocycles. The first kappa shape index (κ1) is 18.4. The Morgan fingerprint density at radius 1 is 0.962 bits per heavy atom. The van der Waals surface area contributed by atoms with Crippen LogP contribution in [0.3, 0.4) is 0 Å². The lowest BCUT2D eigenvalue weighted by Crippen LogP contribution is -2.19. The van der Waals surface area contributed by atoms with E-state index in [9.17, 15) is 5.11 Å². The Labute approximate surface area is 154 Å². The van der Waals surface area contributed by atoms with Gasteiger partial charge in [0.05, 0.1) is 20.3 Å². The molecule has 5 heteroatoms. The molecule has 5 nitrogen and oxygen atoms in total. The van der Waals surface area contributed by atoms with E-state index < -0.39 is 6.10 Å². The van der Waals surface area contributed by atoms with Crippen molar-refractivity contribution in [2.45, 2.75) is 26.4 Å². The summed E-state index contributed by atoms with van der Waals surface area (Å²) in [5, 5.41) is 10.8. The molecule has 0 saturated carbocycles. The molecule has 0 aromatic heterocycles. The molecule has 0 fully saturated rings. The van der Waals surface area contributed by atoms with E-state index in [1.807, 2.05) is 30.3 Å². The second kappa shape index (κ2) is 7.87. The van der Waals surface area contributed by atoms with Gasteiger partial charge < -0.3 is 24.1 Å². The van der Waals surface area contributed by atoms with E-state index in [0.29, 0.717) is 11.5 Å². The topological polar surface area (TPSA) is 57.2 Å². The standard InChI is InChI=1S/C21H26O5/c1-13(9-15-5-7-18-20(10-15)26-12-25-18)14(2)21(22)16-6-8-17(23-3)19(11-16)24-4/h5-8,10-11,13-14,21-22H,9,12H2,1-4H3/t13-,14+,21-/m1/s1. The van der Waals surface area contributed by atoms with Gasteiger partial charge in [0.1, 0.15) is 0 Å². The Hall–Kier alpha value is -2.40. The van der Waals surface area contributed by atoms with Crippen LogP contribution in [0.5, 0.6) is 23.0 Å². The average Bonchev–Trinajstić information content (AvgIpc) is 3.13. The van der Waals surface area contributed by atoms with Gasteiger partial charge in [0.2, 0.25) is 6.79 Å². The Bertz CT molecular complexity index is 758. The molecule has 140 valence electrons. The number of ether oxygens (including phenoxy) is 4. The zero-order chi connectivity index (χ0) is 18.7. The van der Waals surface area contributed by atoms with Crippen LogP contribution in [0, 0.1) is 11.8 Å². The number of aliphatic hydroxyl groups excluding tert-OH is 1. The Balaban J connectivity index is 1.70. The quantitative estimate of drug-likeness (QED) is 0.811. The second-order valence-corrected chi connectivity index (χ2v) is 6.79. The molecule has 1 N–H and O–H groups in total. The number of methoxy groups -OCH3 is 2. The van der Waals surface area contributed by atoms with Crippen LogP contribution in [-0.2, 0) is 6.42 Å². The average molecular weight is 358 g/mol. The molecule has 0 amide bonds. The Kier molecular flexibility index (Phi) is 5.57. The van der Waals surface area contributed by atoms with Gasteiger partial charge in [-0.05, 0) is 53.6 Å². The molecule has 0 bridgehead atoms. The molecule has 26 heavy (non-hydrogen) atoms. The second-order valence-electron chi connectivity index (χ2n) is 6.79. The van der Waals surface area contributed by atoms with Gasteiger partial charge in [0, 0.05) is 0 Å². The van der Waals surface area contributed by atoms with Crippen LogP contribution in [0.15, 0.2) is 36.4 Å². The van der Waals surface area contributed by atoms with E-state index in [1.54, 1.807) is 14.2 Å². The van der Waals surface area contributed by atoms with Crippen LogP contribution >= 0.6 is 0 Å². The number of hydrogen-bond acceptors (Lipinski definition) is 5. The van der Waals surface area contributed by atoms with Crippen LogP contribution < -0.4 is 18.9 Å². The Morgan fingerprint density at radius 3 is 2.42 bits per heavy atom. The molecule has 0 unspecified atom stereocenters. The van der Waals surface area contributed by atoms with Gasteiger partial charge in [-0.3, -0.25) is 0 Å². The number of aliphatic hydroxyl groups is 1. The minimum Gasteiger partial charge on any atom is -0.493 e. The monoisotopic (exact) mass is 358 g/mol. The summed E-state index contributed by atoms with van der Waals surface area (Å²) in [5.41, 5.74) is 2.00. The van der Waals surface area contributed by atoms with Crippen molar-refractivity contribution in [3.8, 4) is 23.0 Å². The van der Waals surface area contributed by atoms with Gasteiger partial charge in [-0.25, -0.2) is 0 Å². The van der Waals surface area contributed by atoms with Crippen molar-refractivity contribution >= 4 is 0 Å². The van der Waals surface area contributed by atoms with Crippen molar-refractivity contribution in [2.75, 3.05) is 21.0 Å². The molecule has 3 atom stereocenters. The van der Waals surface area contributed by atoms with Gasteiger partial charge in [-0.1, -0.05) is 26.0 Å². The SMILES string of the molecule is COc1ccc([C@H](O)[C@@H](C)[C@H](C)Cc2ccc3c(c2)OCO3)cc1OC. The fourth-order valence-corrected chi connectivity index (χ4v) is 3.28. The summed E-state index contributed by atoms with van der Waals surface area (Å²) in [6, 6.07) is 11.6. The van der Waals surface area contributed by atoms with E-state index in [-0.39, 0.29) is 18.6 Å². The summed E-state index contributed by atoms with van der Waals surface area (Å²) >= 11 is 0. The zero-order valence-electron chi connectivity index (χ0n) is 15.7. The van der Waals surface area contributed by atoms with Crippen molar-refractivity contribution in [1.29, 1.82) is 0 Å². The molecule has 0 saturated heterocycles. The van der Waals surface area contributed by atoms with Crippen molar-refractivity contribution in [2.24, 2.45) is 11.8 Å². The predicted octanol–water partition coefficient (Wildman–Crippen LogP) is 3.98. The van der Waals surface area contributed by atoms with Crippen LogP contribution in [0.4, 0.5) is 0 Å². The lowest BCUT2D eigenvalue weighted by atomic mass is 9.83. The fourth-order valence-electron chi connectivity index (χ4n) is 3.28. The zero-order valence-corrected chi connectivity index (χ0v) is 15.7. The number of fused-ring (bicyclic) bond motifs is 1. The van der Waals surface area contributed by atoms with E-state index in [4.69, 9.17) is 18.9 Å². The minimum absolute atomic E-state index is 0.0681. The molecule has 1 heterocycles. The summed E-state index contributed by atoms with van der Waals surface area (Å²) < 4.78 is 21.4. The van der Waals surface area contributed by atoms with Crippen LogP contribution in [-0.4, -0.2) is 26.1 Å². The van der Waals surface area contributed by atoms with Crippen molar-refractivity contribution in [3.63, 3.8) is 0 Å². The fraction of sp³-hybridized carbons (Fsp3) is 0.429. The maximum atomic E-state index is 10.8. The third-order valence-electron chi connectivity index (χ3n) is 5.14. The van der Waals surface area contributed by atoms with Crippen LogP contribution in [0.25, 0.3) is 0 Å². The smallest absolute Gasteiger partial charge is 0.231 e. The maximum absolute atomic E-state index is 10.8. The number of benzene rings is 2. The predicted molar refractivity (Wildman–Crippen MR) is 99.1 cm³/mol. The molecule has 3 rings (SSSR count). The normalized spacial score (nSPS) is 16.0. The summed E-state index contributed by atoms with van der Waals surface area (Å²) in [6.45, 7) is 4.50. The van der Waals surface area contributed by atoms with Crippen LogP contribution in [0.1, 0.15) is 31.1 Å². The molecular weight excluding hydrogens is 332 g/mol. The van der Waals surface area contributed by atoms with Crippen molar-refractivity contribution in [1.82, 2.24) is 0 Å². The van der Waals surface area contributed by atoms with Crippen LogP contribution in [0.2, 0.25) is 0 Å². The lowest BCUT2D eigenvalue weighted by molar-refractivity contribution is 0.0869. The van der Waals surface area contributed by atoms with Gasteiger partial charge >= 0.3 is 0 Å². The van der Waals surface area contributed by atoms with Gasteiger partial charge in [0.15, 0.2) is 23.0 Å². The highest BCUT2D eigenvalue weighted by molar-refractivity contribution is 5.45. The summed E-state index contributed by atoms with van der Waals surface area (Å²) in [5.74, 6) is 3.21. The van der Waals surface area contributed by atoms with Gasteiger partial charge in [-0.15, -0.1) is 0 Å². The molecular formula is C21H26O5. The van der Waals surface area contributed by atoms with Crippen molar-refractivity contribution < 1.29 is 24.1 Å². The first-order valence-electron chi connectivity index (χ1n) is 8.82. The van der Waals surface area contributed by atoms with E-state index in [0.717, 1.165) is 23.5 Å². The molecule has 1 aliphatic rings. The molecule has 0 radical (unpaired) electrons. The third-order valence-corrected chi connectivity index (χ3v) is 5.14. The summed E-state index contributed by atoms with van der Waals surface area (Å²) in [4.78, 5) is 0. The molecule has 2 aromatic rings. The van der Waals surface area contributed by atoms with E-state index in [1.165, 1.54) is 5.56 Å². The first-order chi connectivity index (χ1) is 12.5. The molecule has 0 spiro atoms. The first-order valence-corrected chi connectivity index (χ1v) is 8.82. The van der Waals surface area contributed by atoms with Gasteiger partial charge in [-0.2, -0.15) is 0 Å². The summed E-state index contributed by atoms with van der Waals surface area (Å²) in [6.07, 6.45) is 0.265. The number of rotatable bonds is 7. The van der Waals surface area contributed by atoms with E-state index in [2.05, 4.69) is 19.9 Å². The third kappa shape index (κ3) is 3.73. The largest absolute Gasteiger partial charge is 0.493 e. The Morgan fingerprint density at radius 2 is 1.69 bits per heavy atom. The molecule has 2 aromatic carbocycles. The van der Waals surface area contributed by atoms with Gasteiger partial charge in [0.25, 0.3) is 0 Å². The van der Waals surface area contributed by atoms with E-state index >= 15 is 0 Å². The highest BCUT2D eigenvalue weighted by Crippen LogP contribution is 2.37. The number of hydrogen-bond donors (Lipinski definition) is 1. The minimum atomic E-state index is -0.584. The van der Waals surface area contributed by atoms with Crippen molar-refractivity contribution in [3.05, 3.63) is 47.5 Å². The molecule has 1 aliphatic heterocycles.